The van der Waals surface area contributed by atoms with E-state index in [2.05, 4.69) is 10.3 Å². The molecule has 0 aliphatic heterocycles. The minimum Gasteiger partial charge on any atom is -0.306 e. The molecule has 0 spiro atoms. The molecule has 1 heterocycles. The van der Waals surface area contributed by atoms with Crippen LogP contribution in [-0.2, 0) is 0 Å². The third-order valence-electron chi connectivity index (χ3n) is 2.03. The summed E-state index contributed by atoms with van der Waals surface area (Å²) in [6.45, 7) is 0. The molecule has 1 aromatic carbocycles. The van der Waals surface area contributed by atoms with Gasteiger partial charge in [-0.15, -0.1) is 0 Å². The Balaban J connectivity index is 2.22. The fraction of sp³-hybridized carbons (Fsp3) is 0. The van der Waals surface area contributed by atoms with Crippen LogP contribution in [0.1, 0.15) is 5.56 Å². The predicted octanol–water partition coefficient (Wildman–Crippen LogP) is 1.83. The Morgan fingerprint density at radius 3 is 2.94 bits per heavy atom. The topological polar surface area (TPSA) is 70.7 Å². The molecule has 78 valence electrons. The van der Waals surface area contributed by atoms with Gasteiger partial charge >= 0.3 is 6.03 Å². The first-order valence-electron chi connectivity index (χ1n) is 4.59. The van der Waals surface area contributed by atoms with Gasteiger partial charge in [-0.05, 0) is 12.1 Å². The fourth-order valence-corrected chi connectivity index (χ4v) is 1.25. The van der Waals surface area contributed by atoms with E-state index in [0.717, 1.165) is 0 Å². The number of amides is 1. The van der Waals surface area contributed by atoms with Gasteiger partial charge in [-0.3, -0.25) is 4.57 Å². The molecule has 5 heteroatoms. The summed E-state index contributed by atoms with van der Waals surface area (Å²) in [6, 6.07) is 8.47. The van der Waals surface area contributed by atoms with Crippen molar-refractivity contribution >= 4 is 11.7 Å². The first kappa shape index (κ1) is 9.93. The molecule has 0 aliphatic rings. The zero-order valence-electron chi connectivity index (χ0n) is 8.29. The highest BCUT2D eigenvalue weighted by Crippen LogP contribution is 2.13. The minimum absolute atomic E-state index is 0.347. The smallest absolute Gasteiger partial charge is 0.306 e. The van der Waals surface area contributed by atoms with Gasteiger partial charge < -0.3 is 5.32 Å². The van der Waals surface area contributed by atoms with Crippen molar-refractivity contribution in [1.29, 1.82) is 5.26 Å². The van der Waals surface area contributed by atoms with E-state index in [-0.39, 0.29) is 6.03 Å². The van der Waals surface area contributed by atoms with Crippen LogP contribution in [0.15, 0.2) is 43.0 Å². The number of hydrogen-bond acceptors (Lipinski definition) is 3. The van der Waals surface area contributed by atoms with Crippen LogP contribution in [0.25, 0.3) is 0 Å². The van der Waals surface area contributed by atoms with Gasteiger partial charge in [0, 0.05) is 12.4 Å². The second kappa shape index (κ2) is 4.28. The van der Waals surface area contributed by atoms with E-state index in [0.29, 0.717) is 11.3 Å². The number of aromatic nitrogens is 2. The summed E-state index contributed by atoms with van der Waals surface area (Å²) in [5.41, 5.74) is 0.916. The molecule has 0 bridgehead atoms. The van der Waals surface area contributed by atoms with E-state index >= 15 is 0 Å². The van der Waals surface area contributed by atoms with E-state index in [9.17, 15) is 4.79 Å². The molecule has 0 fully saturated rings. The molecule has 2 rings (SSSR count). The Hall–Kier alpha value is -2.61. The van der Waals surface area contributed by atoms with Gasteiger partial charge in [-0.25, -0.2) is 9.78 Å². The number of nitrogens with zero attached hydrogens (tertiary/aromatic N) is 3. The second-order valence-electron chi connectivity index (χ2n) is 3.06. The Morgan fingerprint density at radius 2 is 2.25 bits per heavy atom. The van der Waals surface area contributed by atoms with Crippen molar-refractivity contribution in [3.05, 3.63) is 48.5 Å². The monoisotopic (exact) mass is 212 g/mol. The van der Waals surface area contributed by atoms with Crippen LogP contribution in [0.5, 0.6) is 0 Å². The zero-order chi connectivity index (χ0) is 11.4. The van der Waals surface area contributed by atoms with Crippen molar-refractivity contribution in [1.82, 2.24) is 9.55 Å². The van der Waals surface area contributed by atoms with Crippen LogP contribution < -0.4 is 5.32 Å². The molecular formula is C11H8N4O. The highest BCUT2D eigenvalue weighted by atomic mass is 16.2. The van der Waals surface area contributed by atoms with Crippen LogP contribution in [0.3, 0.4) is 0 Å². The van der Waals surface area contributed by atoms with Crippen LogP contribution in [0, 0.1) is 11.3 Å². The Kier molecular flexibility index (Phi) is 2.65. The average molecular weight is 212 g/mol. The third-order valence-corrected chi connectivity index (χ3v) is 2.03. The Labute approximate surface area is 92.0 Å². The van der Waals surface area contributed by atoms with E-state index < -0.39 is 0 Å². The number of nitriles is 1. The lowest BCUT2D eigenvalue weighted by Gasteiger charge is -2.06. The summed E-state index contributed by atoms with van der Waals surface area (Å²) in [4.78, 5) is 15.4. The summed E-state index contributed by atoms with van der Waals surface area (Å²) in [5, 5.41) is 11.5. The third kappa shape index (κ3) is 1.91. The maximum absolute atomic E-state index is 11.6. The SMILES string of the molecule is N#Cc1ccccc1NC(=O)n1ccnc1. The van der Waals surface area contributed by atoms with Gasteiger partial charge in [0.2, 0.25) is 0 Å². The first-order chi connectivity index (χ1) is 7.81. The molecule has 0 radical (unpaired) electrons. The van der Waals surface area contributed by atoms with Crippen molar-refractivity contribution in [2.45, 2.75) is 0 Å². The van der Waals surface area contributed by atoms with Crippen molar-refractivity contribution in [3.63, 3.8) is 0 Å². The maximum atomic E-state index is 11.6. The number of anilines is 1. The van der Waals surface area contributed by atoms with Gasteiger partial charge in [-0.1, -0.05) is 12.1 Å². The summed E-state index contributed by atoms with van der Waals surface area (Å²) in [5.74, 6) is 0. The Morgan fingerprint density at radius 1 is 1.44 bits per heavy atom. The summed E-state index contributed by atoms with van der Waals surface area (Å²) in [6.07, 6.45) is 4.43. The Bertz CT molecular complexity index is 539. The van der Waals surface area contributed by atoms with Crippen molar-refractivity contribution in [2.75, 3.05) is 5.32 Å². The van der Waals surface area contributed by atoms with Crippen molar-refractivity contribution < 1.29 is 4.79 Å². The first-order valence-corrected chi connectivity index (χ1v) is 4.59. The molecule has 0 saturated heterocycles. The van der Waals surface area contributed by atoms with E-state index in [4.69, 9.17) is 5.26 Å². The predicted molar refractivity (Wildman–Crippen MR) is 57.8 cm³/mol. The largest absolute Gasteiger partial charge is 0.331 e. The standard InChI is InChI=1S/C11H8N4O/c12-7-9-3-1-2-4-10(9)14-11(16)15-6-5-13-8-15/h1-6,8H,(H,14,16). The van der Waals surface area contributed by atoms with Crippen LogP contribution in [-0.4, -0.2) is 15.6 Å². The maximum Gasteiger partial charge on any atom is 0.331 e. The number of rotatable bonds is 1. The van der Waals surface area contributed by atoms with E-state index in [1.165, 1.54) is 23.3 Å². The molecule has 1 amide bonds. The minimum atomic E-state index is -0.347. The highest BCUT2D eigenvalue weighted by Gasteiger charge is 2.06. The van der Waals surface area contributed by atoms with Gasteiger partial charge in [0.05, 0.1) is 11.3 Å². The van der Waals surface area contributed by atoms with Crippen LogP contribution in [0.4, 0.5) is 10.5 Å². The quantitative estimate of drug-likeness (QED) is 0.783. The fourth-order valence-electron chi connectivity index (χ4n) is 1.25. The molecule has 1 aromatic heterocycles. The number of carbonyl (C=O) groups is 1. The number of carbonyl (C=O) groups excluding carboxylic acids is 1. The number of hydrogen-bond donors (Lipinski definition) is 1. The van der Waals surface area contributed by atoms with Gasteiger partial charge in [0.25, 0.3) is 0 Å². The van der Waals surface area contributed by atoms with Gasteiger partial charge in [-0.2, -0.15) is 5.26 Å². The van der Waals surface area contributed by atoms with Crippen LogP contribution in [0.2, 0.25) is 0 Å². The summed E-state index contributed by atoms with van der Waals surface area (Å²) >= 11 is 0. The van der Waals surface area contributed by atoms with E-state index in [1.807, 2.05) is 6.07 Å². The number of para-hydroxylation sites is 1. The molecule has 0 saturated carbocycles. The number of nitrogens with one attached hydrogen (secondary N) is 1. The number of imidazole rings is 1. The van der Waals surface area contributed by atoms with Crippen LogP contribution >= 0.6 is 0 Å². The highest BCUT2D eigenvalue weighted by molar-refractivity contribution is 5.92. The van der Waals surface area contributed by atoms with Gasteiger partial charge in [0.1, 0.15) is 12.4 Å². The molecule has 0 aliphatic carbocycles. The molecule has 0 unspecified atom stereocenters. The lowest BCUT2D eigenvalue weighted by molar-refractivity contribution is 0.253. The summed E-state index contributed by atoms with van der Waals surface area (Å²) in [7, 11) is 0. The average Bonchev–Trinajstić information content (AvgIpc) is 2.83. The lowest BCUT2D eigenvalue weighted by Crippen LogP contribution is -2.18. The second-order valence-corrected chi connectivity index (χ2v) is 3.06. The van der Waals surface area contributed by atoms with E-state index in [1.54, 1.807) is 24.3 Å². The molecule has 16 heavy (non-hydrogen) atoms. The molecule has 2 aromatic rings. The zero-order valence-corrected chi connectivity index (χ0v) is 8.29. The molecule has 0 atom stereocenters. The van der Waals surface area contributed by atoms with Gasteiger partial charge in [0.15, 0.2) is 0 Å². The normalized spacial score (nSPS) is 9.44. The molecule has 1 N–H and O–H groups in total. The lowest BCUT2D eigenvalue weighted by atomic mass is 10.2. The van der Waals surface area contributed by atoms with Crippen molar-refractivity contribution in [3.8, 4) is 6.07 Å². The summed E-state index contributed by atoms with van der Waals surface area (Å²) < 4.78 is 1.30. The molecular weight excluding hydrogens is 204 g/mol. The van der Waals surface area contributed by atoms with Crippen molar-refractivity contribution in [2.24, 2.45) is 0 Å². The molecule has 5 nitrogen and oxygen atoms in total. The number of benzene rings is 1.